The minimum Gasteiger partial charge on any atom is -0.349 e. The molecule has 3 heterocycles. The van der Waals surface area contributed by atoms with Crippen LogP contribution in [0.1, 0.15) is 33.4 Å². The van der Waals surface area contributed by atoms with E-state index in [0.29, 0.717) is 16.4 Å². The van der Waals surface area contributed by atoms with Crippen LogP contribution in [-0.4, -0.2) is 30.4 Å². The molecule has 6 heteroatoms. The number of amides is 1. The number of benzene rings is 1. The van der Waals surface area contributed by atoms with Crippen LogP contribution in [0.5, 0.6) is 0 Å². The molecule has 1 amide bonds. The number of hydrogen-bond acceptors (Lipinski definition) is 4. The number of thiophene rings is 2. The molecule has 3 nitrogen and oxygen atoms in total. The van der Waals surface area contributed by atoms with Crippen molar-refractivity contribution in [1.29, 1.82) is 0 Å². The predicted molar refractivity (Wildman–Crippen MR) is 107 cm³/mol. The lowest BCUT2D eigenvalue weighted by atomic mass is 10.2. The molecule has 0 aliphatic carbocycles. The van der Waals surface area contributed by atoms with Gasteiger partial charge in [0.25, 0.3) is 5.91 Å². The second-order valence-electron chi connectivity index (χ2n) is 6.23. The van der Waals surface area contributed by atoms with E-state index in [2.05, 4.69) is 27.7 Å². The standard InChI is InChI=1S/C19H19ClN2OS2/c20-17-13-6-1-2-7-15(13)25-18(17)19(23)21-12-14(16-8-5-11-24-16)22-9-3-4-10-22/h1-2,5-8,11,14H,3-4,9-10,12H2,(H,21,23)/t14-/m1/s1. The lowest BCUT2D eigenvalue weighted by molar-refractivity contribution is 0.0942. The summed E-state index contributed by atoms with van der Waals surface area (Å²) in [5.41, 5.74) is 0. The number of rotatable bonds is 5. The first kappa shape index (κ1) is 17.0. The monoisotopic (exact) mass is 390 g/mol. The highest BCUT2D eigenvalue weighted by atomic mass is 35.5. The van der Waals surface area contributed by atoms with Crippen LogP contribution in [0.2, 0.25) is 5.02 Å². The van der Waals surface area contributed by atoms with Gasteiger partial charge in [-0.3, -0.25) is 9.69 Å². The molecule has 1 N–H and O–H groups in total. The van der Waals surface area contributed by atoms with E-state index in [4.69, 9.17) is 11.6 Å². The highest BCUT2D eigenvalue weighted by Gasteiger charge is 2.25. The average Bonchev–Trinajstić information content (AvgIpc) is 3.37. The fourth-order valence-corrected chi connectivity index (χ4v) is 5.67. The van der Waals surface area contributed by atoms with Crippen molar-refractivity contribution < 1.29 is 4.79 Å². The van der Waals surface area contributed by atoms with Crippen LogP contribution in [0, 0.1) is 0 Å². The van der Waals surface area contributed by atoms with Gasteiger partial charge in [-0.05, 0) is 43.4 Å². The van der Waals surface area contributed by atoms with Crippen molar-refractivity contribution in [3.8, 4) is 0 Å². The summed E-state index contributed by atoms with van der Waals surface area (Å²) in [4.78, 5) is 17.1. The van der Waals surface area contributed by atoms with Gasteiger partial charge in [-0.25, -0.2) is 0 Å². The van der Waals surface area contributed by atoms with Crippen LogP contribution < -0.4 is 5.32 Å². The molecule has 1 aromatic carbocycles. The number of hydrogen-bond donors (Lipinski definition) is 1. The first-order chi connectivity index (χ1) is 12.2. The highest BCUT2D eigenvalue weighted by Crippen LogP contribution is 2.35. The Bertz CT molecular complexity index is 869. The van der Waals surface area contributed by atoms with Crippen LogP contribution in [0.4, 0.5) is 0 Å². The second-order valence-corrected chi connectivity index (χ2v) is 8.64. The van der Waals surface area contributed by atoms with Crippen LogP contribution in [0.3, 0.4) is 0 Å². The van der Waals surface area contributed by atoms with Crippen LogP contribution in [0.15, 0.2) is 41.8 Å². The molecule has 0 unspecified atom stereocenters. The Hall–Kier alpha value is -1.40. The summed E-state index contributed by atoms with van der Waals surface area (Å²) >= 11 is 9.65. The summed E-state index contributed by atoms with van der Waals surface area (Å²) in [6.07, 6.45) is 2.47. The van der Waals surface area contributed by atoms with Crippen molar-refractivity contribution in [2.45, 2.75) is 18.9 Å². The second kappa shape index (κ2) is 7.46. The summed E-state index contributed by atoms with van der Waals surface area (Å²) in [5.74, 6) is -0.0769. The Morgan fingerprint density at radius 3 is 2.72 bits per heavy atom. The summed E-state index contributed by atoms with van der Waals surface area (Å²) in [5, 5.41) is 6.73. The van der Waals surface area contributed by atoms with Gasteiger partial charge in [0, 0.05) is 21.5 Å². The number of likely N-dealkylation sites (tertiary alicyclic amines) is 1. The quantitative estimate of drug-likeness (QED) is 0.650. The molecule has 1 atom stereocenters. The molecule has 1 fully saturated rings. The molecule has 1 aliphatic rings. The Labute approximate surface area is 160 Å². The number of carbonyl (C=O) groups is 1. The maximum Gasteiger partial charge on any atom is 0.262 e. The lowest BCUT2D eigenvalue weighted by Gasteiger charge is -2.26. The van der Waals surface area contributed by atoms with Gasteiger partial charge in [0.15, 0.2) is 0 Å². The van der Waals surface area contributed by atoms with E-state index in [1.54, 1.807) is 11.3 Å². The fourth-order valence-electron chi connectivity index (χ4n) is 3.37. The van der Waals surface area contributed by atoms with Gasteiger partial charge >= 0.3 is 0 Å². The number of halogens is 1. The number of nitrogens with one attached hydrogen (secondary N) is 1. The van der Waals surface area contributed by atoms with E-state index >= 15 is 0 Å². The minimum absolute atomic E-state index is 0.0769. The van der Waals surface area contributed by atoms with Crippen molar-refractivity contribution in [2.24, 2.45) is 0 Å². The molecule has 3 aromatic rings. The summed E-state index contributed by atoms with van der Waals surface area (Å²) in [6.45, 7) is 2.81. The third-order valence-electron chi connectivity index (χ3n) is 4.65. The number of fused-ring (bicyclic) bond motifs is 1. The zero-order chi connectivity index (χ0) is 17.2. The molecule has 130 valence electrons. The van der Waals surface area contributed by atoms with E-state index in [9.17, 15) is 4.79 Å². The molecule has 0 radical (unpaired) electrons. The largest absolute Gasteiger partial charge is 0.349 e. The molecule has 25 heavy (non-hydrogen) atoms. The van der Waals surface area contributed by atoms with Crippen molar-refractivity contribution in [2.75, 3.05) is 19.6 Å². The molecular formula is C19H19ClN2OS2. The molecule has 1 aliphatic heterocycles. The third-order valence-corrected chi connectivity index (χ3v) is 7.30. The summed E-state index contributed by atoms with van der Waals surface area (Å²) in [7, 11) is 0. The maximum absolute atomic E-state index is 12.7. The van der Waals surface area contributed by atoms with Crippen molar-refractivity contribution in [3.05, 3.63) is 56.6 Å². The molecule has 4 rings (SSSR count). The summed E-state index contributed by atoms with van der Waals surface area (Å²) in [6, 6.07) is 12.4. The molecule has 2 aromatic heterocycles. The van der Waals surface area contributed by atoms with Crippen LogP contribution in [0.25, 0.3) is 10.1 Å². The molecule has 1 saturated heterocycles. The topological polar surface area (TPSA) is 32.3 Å². The Morgan fingerprint density at radius 2 is 2.00 bits per heavy atom. The van der Waals surface area contributed by atoms with Gasteiger partial charge in [0.05, 0.1) is 11.1 Å². The smallest absolute Gasteiger partial charge is 0.262 e. The highest BCUT2D eigenvalue weighted by molar-refractivity contribution is 7.21. The van der Waals surface area contributed by atoms with Crippen LogP contribution >= 0.6 is 34.3 Å². The van der Waals surface area contributed by atoms with Gasteiger partial charge < -0.3 is 5.32 Å². The fraction of sp³-hybridized carbons (Fsp3) is 0.316. The Morgan fingerprint density at radius 1 is 1.20 bits per heavy atom. The Kier molecular flexibility index (Phi) is 5.08. The Balaban J connectivity index is 1.52. The van der Waals surface area contributed by atoms with Gasteiger partial charge in [0.2, 0.25) is 0 Å². The number of nitrogens with zero attached hydrogens (tertiary/aromatic N) is 1. The van der Waals surface area contributed by atoms with E-state index in [-0.39, 0.29) is 11.9 Å². The average molecular weight is 391 g/mol. The maximum atomic E-state index is 12.7. The SMILES string of the molecule is O=C(NC[C@H](c1cccs1)N1CCCC1)c1sc2ccccc2c1Cl. The minimum atomic E-state index is -0.0769. The van der Waals surface area contributed by atoms with Crippen molar-refractivity contribution in [3.63, 3.8) is 0 Å². The van der Waals surface area contributed by atoms with Crippen molar-refractivity contribution in [1.82, 2.24) is 10.2 Å². The van der Waals surface area contributed by atoms with Gasteiger partial charge in [-0.1, -0.05) is 35.9 Å². The van der Waals surface area contributed by atoms with Gasteiger partial charge in [-0.15, -0.1) is 22.7 Å². The zero-order valence-electron chi connectivity index (χ0n) is 13.7. The van der Waals surface area contributed by atoms with E-state index in [0.717, 1.165) is 23.2 Å². The molecule has 0 bridgehead atoms. The lowest BCUT2D eigenvalue weighted by Crippen LogP contribution is -2.36. The van der Waals surface area contributed by atoms with E-state index in [1.165, 1.54) is 29.1 Å². The first-order valence-electron chi connectivity index (χ1n) is 8.47. The van der Waals surface area contributed by atoms with Crippen LogP contribution in [-0.2, 0) is 0 Å². The first-order valence-corrected chi connectivity index (χ1v) is 10.5. The molecular weight excluding hydrogens is 372 g/mol. The summed E-state index contributed by atoms with van der Waals surface area (Å²) < 4.78 is 1.05. The van der Waals surface area contributed by atoms with E-state index in [1.807, 2.05) is 24.3 Å². The van der Waals surface area contributed by atoms with E-state index < -0.39 is 0 Å². The normalized spacial score (nSPS) is 16.4. The number of carbonyl (C=O) groups excluding carboxylic acids is 1. The molecule has 0 spiro atoms. The third kappa shape index (κ3) is 3.47. The van der Waals surface area contributed by atoms with Gasteiger partial charge in [0.1, 0.15) is 4.88 Å². The predicted octanol–water partition coefficient (Wildman–Crippen LogP) is 5.18. The molecule has 0 saturated carbocycles. The van der Waals surface area contributed by atoms with Crippen molar-refractivity contribution >= 4 is 50.3 Å². The van der Waals surface area contributed by atoms with Gasteiger partial charge in [-0.2, -0.15) is 0 Å². The zero-order valence-corrected chi connectivity index (χ0v) is 16.1.